The quantitative estimate of drug-likeness (QED) is 0.276. The van der Waals surface area contributed by atoms with E-state index in [1.54, 1.807) is 6.92 Å². The first-order chi connectivity index (χ1) is 11.0. The van der Waals surface area contributed by atoms with Gasteiger partial charge in [0, 0.05) is 49.9 Å². The molecule has 0 aromatic carbocycles. The molecule has 8 nitrogen and oxygen atoms in total. The molecule has 0 saturated carbocycles. The Morgan fingerprint density at radius 1 is 1.04 bits per heavy atom. The lowest BCUT2D eigenvalue weighted by molar-refractivity contribution is -0.117. The molecule has 3 fully saturated rings. The summed E-state index contributed by atoms with van der Waals surface area (Å²) in [4.78, 5) is 38.3. The van der Waals surface area contributed by atoms with Gasteiger partial charge in [-0.15, -0.1) is 9.42 Å². The van der Waals surface area contributed by atoms with Crippen LogP contribution >= 0.6 is 8.25 Å². The van der Waals surface area contributed by atoms with Crippen LogP contribution in [0.4, 0.5) is 0 Å². The SMILES string of the molecule is CCO[P+](=O)O.O=C1C=C(N2CC2)C(=O)C(N2CC2)=C1N1CC1.[AlH3]. The van der Waals surface area contributed by atoms with Crippen molar-refractivity contribution in [3.8, 4) is 0 Å². The van der Waals surface area contributed by atoms with Gasteiger partial charge in [0.1, 0.15) is 18.0 Å². The lowest BCUT2D eigenvalue weighted by Gasteiger charge is -2.21. The summed E-state index contributed by atoms with van der Waals surface area (Å²) in [7, 11) is -2.35. The Morgan fingerprint density at radius 2 is 1.54 bits per heavy atom. The first kappa shape index (κ1) is 19.1. The van der Waals surface area contributed by atoms with E-state index in [2.05, 4.69) is 4.52 Å². The monoisotopic (exact) mass is 370 g/mol. The summed E-state index contributed by atoms with van der Waals surface area (Å²) in [6.45, 7) is 7.36. The van der Waals surface area contributed by atoms with E-state index in [4.69, 9.17) is 4.89 Å². The second kappa shape index (κ2) is 7.77. The predicted octanol–water partition coefficient (Wildman–Crippen LogP) is -1.33. The van der Waals surface area contributed by atoms with E-state index >= 15 is 0 Å². The second-order valence-corrected chi connectivity index (χ2v) is 6.27. The summed E-state index contributed by atoms with van der Waals surface area (Å²) in [5.74, 6) is 0.0485. The van der Waals surface area contributed by atoms with Crippen LogP contribution in [0, 0.1) is 0 Å². The van der Waals surface area contributed by atoms with Crippen molar-refractivity contribution in [3.63, 3.8) is 0 Å². The third kappa shape index (κ3) is 4.44. The maximum Gasteiger partial charge on any atom is 0.694 e. The molecule has 1 unspecified atom stereocenters. The second-order valence-electron chi connectivity index (χ2n) is 5.54. The molecule has 0 radical (unpaired) electrons. The lowest BCUT2D eigenvalue weighted by Crippen LogP contribution is -2.29. The number of carbonyl (C=O) groups is 2. The van der Waals surface area contributed by atoms with Crippen molar-refractivity contribution in [1.29, 1.82) is 0 Å². The third-order valence-corrected chi connectivity index (χ3v) is 4.21. The van der Waals surface area contributed by atoms with E-state index in [0.717, 1.165) is 39.3 Å². The van der Waals surface area contributed by atoms with Crippen molar-refractivity contribution >= 4 is 37.2 Å². The molecular weight excluding hydrogens is 348 g/mol. The molecule has 3 aliphatic heterocycles. The molecule has 0 spiro atoms. The molecule has 0 bridgehead atoms. The molecule has 0 aromatic rings. The fourth-order valence-electron chi connectivity index (χ4n) is 2.39. The number of Topliss-reactive ketones (excluding diaryl/α,β-unsaturated/α-hetero) is 1. The average Bonchev–Trinajstić information content (AvgIpc) is 3.37. The van der Waals surface area contributed by atoms with Crippen molar-refractivity contribution < 1.29 is 23.6 Å². The number of nitrogens with zero attached hydrogens (tertiary/aromatic N) is 3. The van der Waals surface area contributed by atoms with E-state index in [0.29, 0.717) is 23.7 Å². The van der Waals surface area contributed by atoms with Crippen LogP contribution in [0.25, 0.3) is 0 Å². The van der Waals surface area contributed by atoms with Gasteiger partial charge in [-0.05, 0) is 6.92 Å². The van der Waals surface area contributed by atoms with Gasteiger partial charge < -0.3 is 14.7 Å². The van der Waals surface area contributed by atoms with Crippen LogP contribution in [0.5, 0.6) is 0 Å². The van der Waals surface area contributed by atoms with Gasteiger partial charge in [0.05, 0.1) is 5.70 Å². The number of hydrogen-bond acceptors (Lipinski definition) is 7. The van der Waals surface area contributed by atoms with E-state index in [9.17, 15) is 14.2 Å². The fraction of sp³-hybridized carbons (Fsp3) is 0.571. The Labute approximate surface area is 151 Å². The zero-order valence-electron chi connectivity index (χ0n) is 12.9. The maximum atomic E-state index is 12.4. The van der Waals surface area contributed by atoms with Gasteiger partial charge >= 0.3 is 8.25 Å². The normalized spacial score (nSPS) is 21.7. The number of ketones is 2. The zero-order valence-corrected chi connectivity index (χ0v) is 13.8. The van der Waals surface area contributed by atoms with Crippen LogP contribution < -0.4 is 0 Å². The summed E-state index contributed by atoms with van der Waals surface area (Å²) < 4.78 is 13.6. The van der Waals surface area contributed by atoms with E-state index in [-0.39, 0.29) is 28.9 Å². The molecule has 3 saturated heterocycles. The van der Waals surface area contributed by atoms with Gasteiger partial charge in [0.15, 0.2) is 17.4 Å². The highest BCUT2D eigenvalue weighted by Crippen LogP contribution is 2.33. The minimum atomic E-state index is -2.35. The van der Waals surface area contributed by atoms with Crippen molar-refractivity contribution in [2.75, 3.05) is 45.9 Å². The standard InChI is InChI=1S/C12H13N3O2.C2H5O3P.Al.3H/c16-9-7-8(13-1-2-13)12(17)11(15-5-6-15)10(9)14-3-4-14;1-2-5-6(3)4;;;;/h7H,1-6H2;2H2,1H3;;;;/p+1. The molecule has 1 N–H and O–H groups in total. The van der Waals surface area contributed by atoms with Crippen LogP contribution in [0.15, 0.2) is 23.2 Å². The summed E-state index contributed by atoms with van der Waals surface area (Å²) in [6, 6.07) is 0. The van der Waals surface area contributed by atoms with Crippen molar-refractivity contribution in [1.82, 2.24) is 14.7 Å². The summed E-state index contributed by atoms with van der Waals surface area (Å²) in [5.41, 5.74) is 1.89. The van der Waals surface area contributed by atoms with Crippen molar-refractivity contribution in [3.05, 3.63) is 23.2 Å². The highest BCUT2D eigenvalue weighted by atomic mass is 31.1. The summed E-state index contributed by atoms with van der Waals surface area (Å²) in [6.07, 6.45) is 1.52. The van der Waals surface area contributed by atoms with Gasteiger partial charge in [-0.1, -0.05) is 0 Å². The number of rotatable bonds is 5. The molecule has 4 aliphatic rings. The van der Waals surface area contributed by atoms with Crippen LogP contribution in [-0.4, -0.2) is 94.4 Å². The maximum absolute atomic E-state index is 12.4. The summed E-state index contributed by atoms with van der Waals surface area (Å²) >= 11 is 0. The lowest BCUT2D eigenvalue weighted by atomic mass is 10.0. The van der Waals surface area contributed by atoms with Crippen LogP contribution in [-0.2, 0) is 18.7 Å². The van der Waals surface area contributed by atoms with Gasteiger partial charge in [-0.2, -0.15) is 0 Å². The minimum Gasteiger partial charge on any atom is -0.365 e. The molecular formula is C14H22AlN3O5P+. The fourth-order valence-corrected chi connectivity index (χ4v) is 2.61. The molecule has 24 heavy (non-hydrogen) atoms. The molecule has 1 atom stereocenters. The number of carbonyl (C=O) groups excluding carboxylic acids is 2. The van der Waals surface area contributed by atoms with E-state index in [1.165, 1.54) is 6.08 Å². The Morgan fingerprint density at radius 3 is 1.92 bits per heavy atom. The third-order valence-electron chi connectivity index (χ3n) is 3.73. The molecule has 3 heterocycles. The van der Waals surface area contributed by atoms with Gasteiger partial charge in [-0.25, -0.2) is 0 Å². The van der Waals surface area contributed by atoms with E-state index < -0.39 is 8.25 Å². The smallest absolute Gasteiger partial charge is 0.365 e. The van der Waals surface area contributed by atoms with E-state index in [1.807, 2.05) is 14.7 Å². The van der Waals surface area contributed by atoms with Crippen LogP contribution in [0.1, 0.15) is 6.92 Å². The molecule has 4 rings (SSSR count). The molecule has 1 aliphatic carbocycles. The Balaban J connectivity index is 0.000000261. The van der Waals surface area contributed by atoms with Crippen molar-refractivity contribution in [2.45, 2.75) is 6.92 Å². The average molecular weight is 370 g/mol. The molecule has 130 valence electrons. The topological polar surface area (TPSA) is 89.7 Å². The first-order valence-corrected chi connectivity index (χ1v) is 8.75. The molecule has 0 amide bonds. The van der Waals surface area contributed by atoms with Crippen molar-refractivity contribution in [2.24, 2.45) is 0 Å². The Bertz CT molecular complexity index is 624. The molecule has 10 heteroatoms. The largest absolute Gasteiger partial charge is 0.694 e. The zero-order chi connectivity index (χ0) is 16.6. The highest BCUT2D eigenvalue weighted by Gasteiger charge is 2.43. The number of hydrogen-bond donors (Lipinski definition) is 1. The van der Waals surface area contributed by atoms with Gasteiger partial charge in [0.2, 0.25) is 11.6 Å². The van der Waals surface area contributed by atoms with Gasteiger partial charge in [-0.3, -0.25) is 9.59 Å². The van der Waals surface area contributed by atoms with Crippen LogP contribution in [0.2, 0.25) is 0 Å². The Kier molecular flexibility index (Phi) is 6.18. The Hall–Kier alpha value is -1.23. The highest BCUT2D eigenvalue weighted by molar-refractivity contribution is 7.32. The molecule has 0 aromatic heterocycles. The number of allylic oxidation sites excluding steroid dienone is 1. The predicted molar refractivity (Wildman–Crippen MR) is 91.2 cm³/mol. The first-order valence-electron chi connectivity index (χ1n) is 7.61. The van der Waals surface area contributed by atoms with Gasteiger partial charge in [0.25, 0.3) is 0 Å². The summed E-state index contributed by atoms with van der Waals surface area (Å²) in [5, 5.41) is 0. The van der Waals surface area contributed by atoms with Crippen LogP contribution in [0.3, 0.4) is 0 Å². The minimum absolute atomic E-state index is 0.